The van der Waals surface area contributed by atoms with Crippen LogP contribution in [-0.4, -0.2) is 33.8 Å². The number of esters is 1. The maximum atomic E-state index is 13.5. The van der Waals surface area contributed by atoms with Crippen molar-refractivity contribution in [3.8, 4) is 22.5 Å². The highest BCUT2D eigenvalue weighted by atomic mass is 32.2. The number of aromatic nitrogens is 2. The zero-order valence-corrected chi connectivity index (χ0v) is 23.6. The molecule has 1 amide bonds. The van der Waals surface area contributed by atoms with Gasteiger partial charge >= 0.3 is 5.97 Å². The highest BCUT2D eigenvalue weighted by molar-refractivity contribution is 7.99. The molecule has 1 aromatic carbocycles. The normalized spacial score (nSPS) is 11.1. The average molecular weight is 596 g/mol. The quantitative estimate of drug-likeness (QED) is 0.0832. The number of halogens is 1. The first-order chi connectivity index (χ1) is 19.4. The van der Waals surface area contributed by atoms with E-state index in [-0.39, 0.29) is 30.0 Å². The minimum Gasteiger partial charge on any atom is -0.464 e. The Morgan fingerprint density at radius 3 is 2.67 bits per heavy atom. The summed E-state index contributed by atoms with van der Waals surface area (Å²) in [4.78, 5) is 44.5. The van der Waals surface area contributed by atoms with Gasteiger partial charge in [0.2, 0.25) is 5.91 Å². The smallest absolute Gasteiger partial charge is 0.341 e. The third-order valence-corrected chi connectivity index (χ3v) is 8.51. The molecular weight excluding hydrogens is 574 g/mol. The Morgan fingerprint density at radius 1 is 1.20 bits per heavy atom. The second kappa shape index (κ2) is 12.0. The van der Waals surface area contributed by atoms with Gasteiger partial charge < -0.3 is 14.5 Å². The average Bonchev–Trinajstić information content (AvgIpc) is 3.70. The van der Waals surface area contributed by atoms with Crippen LogP contribution in [0.3, 0.4) is 0 Å². The number of thiophene rings is 2. The van der Waals surface area contributed by atoms with Crippen LogP contribution < -0.4 is 10.9 Å². The van der Waals surface area contributed by atoms with E-state index in [2.05, 4.69) is 16.9 Å². The predicted molar refractivity (Wildman–Crippen MR) is 157 cm³/mol. The van der Waals surface area contributed by atoms with Crippen molar-refractivity contribution in [3.05, 3.63) is 87.8 Å². The van der Waals surface area contributed by atoms with Crippen molar-refractivity contribution in [1.29, 1.82) is 0 Å². The molecule has 40 heavy (non-hydrogen) atoms. The van der Waals surface area contributed by atoms with Crippen LogP contribution in [0.15, 0.2) is 80.4 Å². The van der Waals surface area contributed by atoms with Crippen LogP contribution in [-0.2, 0) is 16.1 Å². The number of amides is 1. The summed E-state index contributed by atoms with van der Waals surface area (Å²) in [7, 11) is 0. The Balaban J connectivity index is 1.40. The summed E-state index contributed by atoms with van der Waals surface area (Å²) in [6.45, 7) is 5.80. The van der Waals surface area contributed by atoms with Gasteiger partial charge in [-0.05, 0) is 36.8 Å². The van der Waals surface area contributed by atoms with Crippen molar-refractivity contribution in [2.24, 2.45) is 0 Å². The first-order valence-corrected chi connectivity index (χ1v) is 14.8. The molecule has 0 spiro atoms. The number of benzene rings is 1. The first-order valence-electron chi connectivity index (χ1n) is 12.0. The molecule has 12 heteroatoms. The number of nitrogens with one attached hydrogen (secondary N) is 1. The van der Waals surface area contributed by atoms with Crippen LogP contribution >= 0.6 is 34.4 Å². The fourth-order valence-electron chi connectivity index (χ4n) is 4.01. The van der Waals surface area contributed by atoms with E-state index < -0.39 is 17.7 Å². The number of hydrogen-bond donors (Lipinski definition) is 1. The minimum atomic E-state index is -0.594. The number of thioether (sulfide) groups is 1. The van der Waals surface area contributed by atoms with Gasteiger partial charge in [0.25, 0.3) is 5.56 Å². The zero-order valence-electron chi connectivity index (χ0n) is 21.1. The number of hydrogen-bond acceptors (Lipinski definition) is 9. The largest absolute Gasteiger partial charge is 0.464 e. The lowest BCUT2D eigenvalue weighted by molar-refractivity contribution is -0.113. The molecule has 1 N–H and O–H groups in total. The van der Waals surface area contributed by atoms with Gasteiger partial charge in [-0.3, -0.25) is 14.2 Å². The lowest BCUT2D eigenvalue weighted by atomic mass is 10.0. The second-order valence-electron chi connectivity index (χ2n) is 8.32. The van der Waals surface area contributed by atoms with E-state index in [1.54, 1.807) is 48.9 Å². The van der Waals surface area contributed by atoms with Gasteiger partial charge in [-0.15, -0.1) is 29.3 Å². The van der Waals surface area contributed by atoms with Gasteiger partial charge in [0.1, 0.15) is 27.0 Å². The van der Waals surface area contributed by atoms with Crippen LogP contribution in [0.1, 0.15) is 17.3 Å². The van der Waals surface area contributed by atoms with Gasteiger partial charge in [-0.2, -0.15) is 0 Å². The van der Waals surface area contributed by atoms with Crippen molar-refractivity contribution < 1.29 is 23.1 Å². The number of ether oxygens (including phenoxy) is 1. The van der Waals surface area contributed by atoms with E-state index in [1.807, 2.05) is 5.38 Å². The maximum Gasteiger partial charge on any atom is 0.341 e. The number of furan rings is 1. The summed E-state index contributed by atoms with van der Waals surface area (Å²) in [6, 6.07) is 9.25. The molecule has 0 atom stereocenters. The van der Waals surface area contributed by atoms with Gasteiger partial charge in [-0.1, -0.05) is 30.0 Å². The van der Waals surface area contributed by atoms with Crippen LogP contribution in [0.25, 0.3) is 32.7 Å². The second-order valence-corrected chi connectivity index (χ2v) is 11.0. The summed E-state index contributed by atoms with van der Waals surface area (Å²) in [6.07, 6.45) is 3.13. The molecule has 0 fully saturated rings. The number of fused-ring (bicyclic) bond motifs is 1. The monoisotopic (exact) mass is 595 g/mol. The molecule has 0 saturated heterocycles. The standard InChI is InChI=1S/C28H22FN3O5S3/c1-3-11-32-26(34)22-19(20-6-5-12-37-20)14-39-24(22)31-28(32)40-15-21(33)30-25-23(27(35)36-4-2)18(13-38-25)16-7-9-17(29)10-8-16/h3,5-10,12-14H,1,4,11,15H2,2H3,(H,30,33). The third kappa shape index (κ3) is 5.51. The minimum absolute atomic E-state index is 0.0719. The Labute approximate surface area is 240 Å². The van der Waals surface area contributed by atoms with E-state index in [1.165, 1.54) is 39.4 Å². The van der Waals surface area contributed by atoms with Crippen molar-refractivity contribution in [1.82, 2.24) is 9.55 Å². The highest BCUT2D eigenvalue weighted by Crippen LogP contribution is 2.37. The van der Waals surface area contributed by atoms with Gasteiger partial charge in [-0.25, -0.2) is 14.2 Å². The number of allylic oxidation sites excluding steroid dienone is 1. The Hall–Kier alpha value is -4.00. The molecule has 5 aromatic rings. The summed E-state index contributed by atoms with van der Waals surface area (Å²) in [5, 5.41) is 7.45. The van der Waals surface area contributed by atoms with E-state index in [0.29, 0.717) is 42.8 Å². The van der Waals surface area contributed by atoms with Crippen LogP contribution in [0, 0.1) is 5.82 Å². The molecule has 0 radical (unpaired) electrons. The van der Waals surface area contributed by atoms with Crippen LogP contribution in [0.4, 0.5) is 9.39 Å². The summed E-state index contributed by atoms with van der Waals surface area (Å²) < 4.78 is 25.6. The molecule has 4 aromatic heterocycles. The number of carbonyl (C=O) groups excluding carboxylic acids is 2. The Kier molecular flexibility index (Phi) is 8.29. The lowest BCUT2D eigenvalue weighted by Gasteiger charge is -2.11. The van der Waals surface area contributed by atoms with Crippen molar-refractivity contribution in [2.75, 3.05) is 17.7 Å². The van der Waals surface area contributed by atoms with E-state index in [4.69, 9.17) is 9.15 Å². The lowest BCUT2D eigenvalue weighted by Crippen LogP contribution is -2.23. The van der Waals surface area contributed by atoms with Crippen LogP contribution in [0.5, 0.6) is 0 Å². The predicted octanol–water partition coefficient (Wildman–Crippen LogP) is 6.68. The number of rotatable bonds is 10. The molecule has 4 heterocycles. The fraction of sp³-hybridized carbons (Fsp3) is 0.143. The Bertz CT molecular complexity index is 1750. The number of carbonyl (C=O) groups is 2. The number of nitrogens with zero attached hydrogens (tertiary/aromatic N) is 2. The molecule has 0 bridgehead atoms. The molecule has 0 aliphatic carbocycles. The third-order valence-electron chi connectivity index (χ3n) is 5.77. The first kappa shape index (κ1) is 27.6. The molecule has 8 nitrogen and oxygen atoms in total. The Morgan fingerprint density at radius 2 is 1.98 bits per heavy atom. The molecule has 0 aliphatic heterocycles. The van der Waals surface area contributed by atoms with Crippen molar-refractivity contribution in [3.63, 3.8) is 0 Å². The SMILES string of the molecule is C=CCn1c(SCC(=O)Nc2scc(-c3ccc(F)cc3)c2C(=O)OCC)nc2scc(-c3ccco3)c2c1=O. The van der Waals surface area contributed by atoms with Crippen LogP contribution in [0.2, 0.25) is 0 Å². The summed E-state index contributed by atoms with van der Waals surface area (Å²) in [5.41, 5.74) is 1.75. The molecule has 0 unspecified atom stereocenters. The highest BCUT2D eigenvalue weighted by Gasteiger charge is 2.24. The van der Waals surface area contributed by atoms with Gasteiger partial charge in [0.15, 0.2) is 5.16 Å². The maximum absolute atomic E-state index is 13.5. The number of anilines is 1. The molecule has 5 rings (SSSR count). The van der Waals surface area contributed by atoms with Gasteiger partial charge in [0.05, 0.1) is 24.0 Å². The van der Waals surface area contributed by atoms with Crippen molar-refractivity contribution >= 4 is 61.5 Å². The summed E-state index contributed by atoms with van der Waals surface area (Å²) in [5.74, 6) is -0.891. The fourth-order valence-corrected chi connectivity index (χ4v) is 6.76. The molecular formula is C28H22FN3O5S3. The van der Waals surface area contributed by atoms with Crippen molar-refractivity contribution in [2.45, 2.75) is 18.6 Å². The van der Waals surface area contributed by atoms with E-state index in [0.717, 1.165) is 11.8 Å². The molecule has 0 saturated carbocycles. The zero-order chi connectivity index (χ0) is 28.2. The molecule has 0 aliphatic rings. The summed E-state index contributed by atoms with van der Waals surface area (Å²) >= 11 is 3.59. The molecule has 204 valence electrons. The van der Waals surface area contributed by atoms with Gasteiger partial charge in [0, 0.05) is 28.4 Å². The topological polar surface area (TPSA) is 103 Å². The van der Waals surface area contributed by atoms with E-state index >= 15 is 0 Å². The van der Waals surface area contributed by atoms with E-state index in [9.17, 15) is 18.8 Å².